The van der Waals surface area contributed by atoms with Crippen molar-refractivity contribution in [3.8, 4) is 11.8 Å². The summed E-state index contributed by atoms with van der Waals surface area (Å²) in [5, 5.41) is 0. The zero-order valence-electron chi connectivity index (χ0n) is 22.4. The van der Waals surface area contributed by atoms with Crippen molar-refractivity contribution in [2.45, 2.75) is 65.3 Å². The highest BCUT2D eigenvalue weighted by atomic mass is 19.1. The Hall–Kier alpha value is -3.58. The number of unbranched alkanes of at least 4 members (excludes halogenated alkanes) is 4. The van der Waals surface area contributed by atoms with Crippen molar-refractivity contribution in [1.82, 2.24) is 0 Å². The largest absolute Gasteiger partial charge is 0.465 e. The number of ether oxygens (including phenoxy) is 1. The van der Waals surface area contributed by atoms with Crippen molar-refractivity contribution in [3.05, 3.63) is 100 Å². The van der Waals surface area contributed by atoms with Crippen LogP contribution in [-0.2, 0) is 17.7 Å². The SMILES string of the molecule is CCCCCCN(Cc1ccc(C#Cc2ccc(CCCC)cc2)cc1)c1ccc(F)c(C(=O)OC)c1. The Labute approximate surface area is 221 Å². The number of rotatable bonds is 12. The molecule has 0 N–H and O–H groups in total. The first-order valence-electron chi connectivity index (χ1n) is 13.4. The lowest BCUT2D eigenvalue weighted by molar-refractivity contribution is 0.0595. The summed E-state index contributed by atoms with van der Waals surface area (Å²) in [5.41, 5.74) is 5.23. The van der Waals surface area contributed by atoms with Crippen molar-refractivity contribution in [2.24, 2.45) is 0 Å². The van der Waals surface area contributed by atoms with Gasteiger partial charge in [0.1, 0.15) is 5.82 Å². The smallest absolute Gasteiger partial charge is 0.340 e. The summed E-state index contributed by atoms with van der Waals surface area (Å²) < 4.78 is 19.0. The molecule has 0 aliphatic rings. The van der Waals surface area contributed by atoms with E-state index in [9.17, 15) is 9.18 Å². The number of anilines is 1. The summed E-state index contributed by atoms with van der Waals surface area (Å²) in [7, 11) is 1.27. The van der Waals surface area contributed by atoms with Crippen molar-refractivity contribution < 1.29 is 13.9 Å². The van der Waals surface area contributed by atoms with Gasteiger partial charge in [-0.3, -0.25) is 0 Å². The van der Waals surface area contributed by atoms with Gasteiger partial charge in [-0.25, -0.2) is 9.18 Å². The van der Waals surface area contributed by atoms with E-state index in [4.69, 9.17) is 4.74 Å². The third kappa shape index (κ3) is 8.79. The van der Waals surface area contributed by atoms with Gasteiger partial charge < -0.3 is 9.64 Å². The standard InChI is InChI=1S/C33H38FNO2/c1-4-6-8-9-23-35(30-21-22-32(34)31(24-30)33(36)37-3)25-29-19-17-28(18-20-29)16-15-27-13-11-26(12-14-27)10-7-5-2/h11-14,17-22,24H,4-10,23,25H2,1-3H3. The van der Waals surface area contributed by atoms with E-state index in [2.05, 4.69) is 67.0 Å². The van der Waals surface area contributed by atoms with E-state index in [-0.39, 0.29) is 5.56 Å². The van der Waals surface area contributed by atoms with Crippen LogP contribution in [0.4, 0.5) is 10.1 Å². The maximum atomic E-state index is 14.2. The number of hydrogen-bond acceptors (Lipinski definition) is 3. The topological polar surface area (TPSA) is 29.5 Å². The molecule has 0 radical (unpaired) electrons. The number of hydrogen-bond donors (Lipinski definition) is 0. The molecule has 0 heterocycles. The molecule has 3 rings (SSSR count). The van der Waals surface area contributed by atoms with Crippen LogP contribution in [0.15, 0.2) is 66.7 Å². The predicted molar refractivity (Wildman–Crippen MR) is 150 cm³/mol. The Bertz CT molecular complexity index is 1190. The molecule has 3 nitrogen and oxygen atoms in total. The quantitative estimate of drug-likeness (QED) is 0.144. The van der Waals surface area contributed by atoms with Crippen molar-refractivity contribution in [2.75, 3.05) is 18.6 Å². The molecule has 4 heteroatoms. The molecule has 3 aromatic carbocycles. The zero-order valence-corrected chi connectivity index (χ0v) is 22.4. The molecule has 0 saturated heterocycles. The van der Waals surface area contributed by atoms with Gasteiger partial charge in [0.05, 0.1) is 12.7 Å². The molecular formula is C33H38FNO2. The molecular weight excluding hydrogens is 461 g/mol. The van der Waals surface area contributed by atoms with E-state index < -0.39 is 11.8 Å². The fraction of sp³-hybridized carbons (Fsp3) is 0.364. The number of carbonyl (C=O) groups excluding carboxylic acids is 1. The van der Waals surface area contributed by atoms with E-state index >= 15 is 0 Å². The van der Waals surface area contributed by atoms with Gasteiger partial charge in [-0.1, -0.05) is 75.6 Å². The molecule has 0 bridgehead atoms. The van der Waals surface area contributed by atoms with Crippen molar-refractivity contribution >= 4 is 11.7 Å². The Morgan fingerprint density at radius 3 is 2.03 bits per heavy atom. The average Bonchev–Trinajstić information content (AvgIpc) is 2.93. The summed E-state index contributed by atoms with van der Waals surface area (Å²) in [4.78, 5) is 14.2. The van der Waals surface area contributed by atoms with Crippen LogP contribution in [0.5, 0.6) is 0 Å². The zero-order chi connectivity index (χ0) is 26.5. The van der Waals surface area contributed by atoms with Crippen LogP contribution in [0.2, 0.25) is 0 Å². The summed E-state index contributed by atoms with van der Waals surface area (Å²) in [5.74, 6) is 5.29. The van der Waals surface area contributed by atoms with E-state index in [1.165, 1.54) is 38.0 Å². The van der Waals surface area contributed by atoms with Crippen LogP contribution in [-0.4, -0.2) is 19.6 Å². The molecule has 0 amide bonds. The first-order valence-corrected chi connectivity index (χ1v) is 13.4. The van der Waals surface area contributed by atoms with Gasteiger partial charge >= 0.3 is 5.97 Å². The second-order valence-corrected chi connectivity index (χ2v) is 9.39. The van der Waals surface area contributed by atoms with Crippen LogP contribution in [0.25, 0.3) is 0 Å². The van der Waals surface area contributed by atoms with Gasteiger partial charge in [-0.15, -0.1) is 0 Å². The Morgan fingerprint density at radius 2 is 1.43 bits per heavy atom. The van der Waals surface area contributed by atoms with E-state index in [1.807, 2.05) is 12.1 Å². The lowest BCUT2D eigenvalue weighted by Crippen LogP contribution is -2.24. The second-order valence-electron chi connectivity index (χ2n) is 9.39. The Kier molecular flexibility index (Phi) is 11.2. The molecule has 0 saturated carbocycles. The number of esters is 1. The minimum atomic E-state index is -0.663. The number of nitrogens with zero attached hydrogens (tertiary/aromatic N) is 1. The van der Waals surface area contributed by atoms with E-state index in [0.717, 1.165) is 54.6 Å². The summed E-state index contributed by atoms with van der Waals surface area (Å²) in [6.07, 6.45) is 8.02. The summed E-state index contributed by atoms with van der Waals surface area (Å²) in [6, 6.07) is 21.4. The van der Waals surface area contributed by atoms with Crippen molar-refractivity contribution in [1.29, 1.82) is 0 Å². The summed E-state index contributed by atoms with van der Waals surface area (Å²) >= 11 is 0. The van der Waals surface area contributed by atoms with Crippen LogP contribution in [0.3, 0.4) is 0 Å². The normalized spacial score (nSPS) is 10.5. The highest BCUT2D eigenvalue weighted by molar-refractivity contribution is 5.90. The predicted octanol–water partition coefficient (Wildman–Crippen LogP) is 7.94. The van der Waals surface area contributed by atoms with Gasteiger partial charge in [0, 0.05) is 29.9 Å². The fourth-order valence-electron chi connectivity index (χ4n) is 4.20. The monoisotopic (exact) mass is 499 g/mol. The highest BCUT2D eigenvalue weighted by Gasteiger charge is 2.16. The molecule has 194 valence electrons. The molecule has 0 aromatic heterocycles. The lowest BCUT2D eigenvalue weighted by atomic mass is 10.1. The van der Waals surface area contributed by atoms with Crippen LogP contribution in [0, 0.1) is 17.7 Å². The molecule has 0 aliphatic heterocycles. The first-order chi connectivity index (χ1) is 18.0. The third-order valence-corrected chi connectivity index (χ3v) is 6.45. The Balaban J connectivity index is 1.72. The number of halogens is 1. The fourth-order valence-corrected chi connectivity index (χ4v) is 4.20. The van der Waals surface area contributed by atoms with Gasteiger partial charge in [-0.2, -0.15) is 0 Å². The second kappa shape index (κ2) is 14.9. The van der Waals surface area contributed by atoms with Crippen LogP contribution >= 0.6 is 0 Å². The van der Waals surface area contributed by atoms with Gasteiger partial charge in [0.25, 0.3) is 0 Å². The molecule has 0 atom stereocenters. The van der Waals surface area contributed by atoms with Gasteiger partial charge in [0.2, 0.25) is 0 Å². The lowest BCUT2D eigenvalue weighted by Gasteiger charge is -2.26. The minimum Gasteiger partial charge on any atom is -0.465 e. The Morgan fingerprint density at radius 1 is 0.811 bits per heavy atom. The number of methoxy groups -OCH3 is 1. The molecule has 0 spiro atoms. The number of aryl methyl sites for hydroxylation is 1. The third-order valence-electron chi connectivity index (χ3n) is 6.45. The van der Waals surface area contributed by atoms with Crippen LogP contribution in [0.1, 0.15) is 85.0 Å². The van der Waals surface area contributed by atoms with E-state index in [1.54, 1.807) is 12.1 Å². The summed E-state index contributed by atoms with van der Waals surface area (Å²) in [6.45, 7) is 5.88. The molecule has 3 aromatic rings. The van der Waals surface area contributed by atoms with Crippen LogP contribution < -0.4 is 4.90 Å². The highest BCUT2D eigenvalue weighted by Crippen LogP contribution is 2.23. The van der Waals surface area contributed by atoms with E-state index in [0.29, 0.717) is 6.54 Å². The average molecular weight is 500 g/mol. The minimum absolute atomic E-state index is 0.0393. The molecule has 0 aliphatic carbocycles. The maximum Gasteiger partial charge on any atom is 0.340 e. The number of benzene rings is 3. The maximum absolute atomic E-state index is 14.2. The molecule has 0 fully saturated rings. The van der Waals surface area contributed by atoms with Gasteiger partial charge in [-0.05, 0) is 72.9 Å². The molecule has 0 unspecified atom stereocenters. The number of carbonyl (C=O) groups is 1. The first kappa shape index (κ1) is 28.0. The molecule has 37 heavy (non-hydrogen) atoms. The van der Waals surface area contributed by atoms with Crippen molar-refractivity contribution in [3.63, 3.8) is 0 Å². The van der Waals surface area contributed by atoms with Gasteiger partial charge in [0.15, 0.2) is 0 Å².